The SMILES string of the molecule is CCCC(C)(C)CC[C@H]1C[C@@H](C2=CC(OC)=C3CC(=C2)OCO3)CN1C. The van der Waals surface area contributed by atoms with Gasteiger partial charge in [0.25, 0.3) is 0 Å². The lowest BCUT2D eigenvalue weighted by atomic mass is 9.81. The highest BCUT2D eigenvalue weighted by molar-refractivity contribution is 5.38. The van der Waals surface area contributed by atoms with Crippen LogP contribution in [-0.4, -0.2) is 38.4 Å². The largest absolute Gasteiger partial charge is 0.493 e. The maximum Gasteiger partial charge on any atom is 0.230 e. The van der Waals surface area contributed by atoms with Gasteiger partial charge in [0.15, 0.2) is 5.76 Å². The second kappa shape index (κ2) is 8.08. The predicted molar refractivity (Wildman–Crippen MR) is 104 cm³/mol. The maximum absolute atomic E-state index is 5.68. The fraction of sp³-hybridized carbons (Fsp3) is 0.727. The Hall–Kier alpha value is -1.42. The second-order valence-electron chi connectivity index (χ2n) is 8.81. The first-order valence-electron chi connectivity index (χ1n) is 10.1. The van der Waals surface area contributed by atoms with Crippen LogP contribution in [0.4, 0.5) is 0 Å². The van der Waals surface area contributed by atoms with Gasteiger partial charge in [0, 0.05) is 12.6 Å². The first-order valence-corrected chi connectivity index (χ1v) is 10.1. The van der Waals surface area contributed by atoms with E-state index >= 15 is 0 Å². The van der Waals surface area contributed by atoms with Crippen LogP contribution in [-0.2, 0) is 14.2 Å². The summed E-state index contributed by atoms with van der Waals surface area (Å²) < 4.78 is 16.9. The summed E-state index contributed by atoms with van der Waals surface area (Å²) in [5.74, 6) is 3.27. The number of nitrogens with zero attached hydrogens (tertiary/aromatic N) is 1. The van der Waals surface area contributed by atoms with E-state index in [1.165, 1.54) is 37.7 Å². The Labute approximate surface area is 158 Å². The molecule has 4 heteroatoms. The molecule has 0 N–H and O–H groups in total. The Kier molecular flexibility index (Phi) is 6.01. The molecule has 0 aromatic rings. The summed E-state index contributed by atoms with van der Waals surface area (Å²) in [6.07, 6.45) is 11.4. The lowest BCUT2D eigenvalue weighted by molar-refractivity contribution is -0.0263. The molecule has 0 spiro atoms. The molecule has 0 radical (unpaired) electrons. The molecule has 0 aromatic carbocycles. The zero-order chi connectivity index (χ0) is 18.7. The average molecular weight is 362 g/mol. The number of ether oxygens (including phenoxy) is 3. The van der Waals surface area contributed by atoms with Crippen LogP contribution in [0.15, 0.2) is 35.0 Å². The highest BCUT2D eigenvalue weighted by atomic mass is 16.7. The molecular formula is C22H35NO3. The van der Waals surface area contributed by atoms with Gasteiger partial charge in [-0.2, -0.15) is 0 Å². The topological polar surface area (TPSA) is 30.9 Å². The highest BCUT2D eigenvalue weighted by Crippen LogP contribution is 2.38. The van der Waals surface area contributed by atoms with Gasteiger partial charge >= 0.3 is 0 Å². The average Bonchev–Trinajstić information content (AvgIpc) is 2.92. The molecule has 2 saturated heterocycles. The van der Waals surface area contributed by atoms with Crippen LogP contribution in [0.1, 0.15) is 59.3 Å². The van der Waals surface area contributed by atoms with Crippen molar-refractivity contribution in [2.45, 2.75) is 65.3 Å². The molecule has 4 nitrogen and oxygen atoms in total. The van der Waals surface area contributed by atoms with Crippen molar-refractivity contribution >= 4 is 0 Å². The van der Waals surface area contributed by atoms with E-state index in [-0.39, 0.29) is 6.79 Å². The van der Waals surface area contributed by atoms with Gasteiger partial charge in [0.05, 0.1) is 13.5 Å². The van der Waals surface area contributed by atoms with E-state index < -0.39 is 0 Å². The van der Waals surface area contributed by atoms with Gasteiger partial charge < -0.3 is 19.1 Å². The summed E-state index contributed by atoms with van der Waals surface area (Å²) in [4.78, 5) is 2.54. The number of allylic oxidation sites excluding steroid dienone is 2. The molecule has 0 unspecified atom stereocenters. The summed E-state index contributed by atoms with van der Waals surface area (Å²) >= 11 is 0. The van der Waals surface area contributed by atoms with Crippen LogP contribution in [0.5, 0.6) is 0 Å². The van der Waals surface area contributed by atoms with Crippen molar-refractivity contribution in [2.24, 2.45) is 11.3 Å². The van der Waals surface area contributed by atoms with Crippen molar-refractivity contribution in [1.82, 2.24) is 4.90 Å². The molecule has 3 aliphatic rings. The molecule has 0 amide bonds. The number of likely N-dealkylation sites (tertiary alicyclic amines) is 1. The van der Waals surface area contributed by atoms with Crippen molar-refractivity contribution in [3.8, 4) is 0 Å². The van der Waals surface area contributed by atoms with Crippen molar-refractivity contribution < 1.29 is 14.2 Å². The quantitative estimate of drug-likeness (QED) is 0.639. The second-order valence-corrected chi connectivity index (χ2v) is 8.81. The fourth-order valence-corrected chi connectivity index (χ4v) is 4.57. The van der Waals surface area contributed by atoms with E-state index in [2.05, 4.69) is 44.9 Å². The van der Waals surface area contributed by atoms with E-state index in [0.717, 1.165) is 23.8 Å². The summed E-state index contributed by atoms with van der Waals surface area (Å²) in [6, 6.07) is 0.661. The number of hydrogen-bond donors (Lipinski definition) is 0. The summed E-state index contributed by atoms with van der Waals surface area (Å²) in [6.45, 7) is 8.50. The van der Waals surface area contributed by atoms with Crippen LogP contribution in [0.3, 0.4) is 0 Å². The molecule has 3 rings (SSSR count). The summed E-state index contributed by atoms with van der Waals surface area (Å²) in [5, 5.41) is 0. The number of fused-ring (bicyclic) bond motifs is 2. The minimum atomic E-state index is 0.287. The smallest absolute Gasteiger partial charge is 0.230 e. The van der Waals surface area contributed by atoms with Gasteiger partial charge in [-0.25, -0.2) is 0 Å². The van der Waals surface area contributed by atoms with Crippen LogP contribution in [0.25, 0.3) is 0 Å². The van der Waals surface area contributed by atoms with Gasteiger partial charge in [-0.3, -0.25) is 0 Å². The number of methoxy groups -OCH3 is 1. The zero-order valence-electron chi connectivity index (χ0n) is 17.1. The van der Waals surface area contributed by atoms with Crippen LogP contribution < -0.4 is 0 Å². The van der Waals surface area contributed by atoms with Crippen molar-refractivity contribution in [3.63, 3.8) is 0 Å². The summed E-state index contributed by atoms with van der Waals surface area (Å²) in [5.41, 5.74) is 1.77. The Morgan fingerprint density at radius 3 is 2.77 bits per heavy atom. The first-order chi connectivity index (χ1) is 12.4. The number of rotatable bonds is 7. The molecule has 26 heavy (non-hydrogen) atoms. The molecule has 2 heterocycles. The van der Waals surface area contributed by atoms with Crippen LogP contribution in [0.2, 0.25) is 0 Å². The van der Waals surface area contributed by atoms with Gasteiger partial charge in [-0.15, -0.1) is 0 Å². The molecule has 2 aliphatic heterocycles. The van der Waals surface area contributed by atoms with Crippen molar-refractivity contribution in [3.05, 3.63) is 35.0 Å². The lowest BCUT2D eigenvalue weighted by Gasteiger charge is -2.27. The molecule has 0 aromatic heterocycles. The molecule has 0 saturated carbocycles. The Balaban J connectivity index is 1.69. The minimum Gasteiger partial charge on any atom is -0.493 e. The lowest BCUT2D eigenvalue weighted by Crippen LogP contribution is -2.26. The molecular weight excluding hydrogens is 326 g/mol. The fourth-order valence-electron chi connectivity index (χ4n) is 4.57. The Bertz CT molecular complexity index is 603. The van der Waals surface area contributed by atoms with Gasteiger partial charge in [0.1, 0.15) is 11.5 Å². The molecule has 1 aliphatic carbocycles. The van der Waals surface area contributed by atoms with Gasteiger partial charge in [-0.1, -0.05) is 27.2 Å². The van der Waals surface area contributed by atoms with Gasteiger partial charge in [0.2, 0.25) is 6.79 Å². The van der Waals surface area contributed by atoms with E-state index in [1.54, 1.807) is 7.11 Å². The van der Waals surface area contributed by atoms with Crippen LogP contribution >= 0.6 is 0 Å². The highest BCUT2D eigenvalue weighted by Gasteiger charge is 2.33. The third-order valence-electron chi connectivity index (χ3n) is 6.17. The molecule has 146 valence electrons. The number of hydrogen-bond acceptors (Lipinski definition) is 4. The standard InChI is InChI=1S/C22H35NO3/c1-6-8-22(2,3)9-7-18-10-17(14-23(18)4)16-11-19-13-21(26-15-25-19)20(12-16)24-5/h11-12,17-18H,6-10,13-15H2,1-5H3/t17-,18+/m1/s1. The monoisotopic (exact) mass is 361 g/mol. The third kappa shape index (κ3) is 4.46. The maximum atomic E-state index is 5.68. The van der Waals surface area contributed by atoms with E-state index in [4.69, 9.17) is 14.2 Å². The molecule has 2 bridgehead atoms. The molecule has 2 atom stereocenters. The van der Waals surface area contributed by atoms with E-state index in [1.807, 2.05) is 0 Å². The zero-order valence-corrected chi connectivity index (χ0v) is 17.1. The Morgan fingerprint density at radius 1 is 1.23 bits per heavy atom. The Morgan fingerprint density at radius 2 is 2.04 bits per heavy atom. The summed E-state index contributed by atoms with van der Waals surface area (Å²) in [7, 11) is 4.00. The van der Waals surface area contributed by atoms with E-state index in [0.29, 0.717) is 23.8 Å². The normalized spacial score (nSPS) is 26.7. The van der Waals surface area contributed by atoms with Crippen LogP contribution in [0, 0.1) is 11.3 Å². The predicted octanol–water partition coefficient (Wildman–Crippen LogP) is 4.99. The van der Waals surface area contributed by atoms with Gasteiger partial charge in [-0.05, 0) is 61.8 Å². The third-order valence-corrected chi connectivity index (χ3v) is 6.17. The minimum absolute atomic E-state index is 0.287. The van der Waals surface area contributed by atoms with E-state index in [9.17, 15) is 0 Å². The van der Waals surface area contributed by atoms with Crippen molar-refractivity contribution in [2.75, 3.05) is 27.5 Å². The first kappa shape index (κ1) is 19.3. The van der Waals surface area contributed by atoms with Crippen molar-refractivity contribution in [1.29, 1.82) is 0 Å². The molecule has 2 fully saturated rings.